The molecule has 2 rings (SSSR count). The van der Waals surface area contributed by atoms with Crippen LogP contribution in [0.25, 0.3) is 0 Å². The average molecular weight is 279 g/mol. The smallest absolute Gasteiger partial charge is 0.310 e. The number of aliphatic carboxylic acids is 1. The Balaban J connectivity index is 2.16. The Bertz CT molecular complexity index is 489. The number of hydrogen-bond donors (Lipinski definition) is 2. The number of ether oxygens (including phenoxy) is 1. The third-order valence-corrected chi connectivity index (χ3v) is 3.85. The number of benzene rings is 1. The topological polar surface area (TPSA) is 70.0 Å². The number of rotatable bonds is 5. The maximum Gasteiger partial charge on any atom is 0.310 e. The third kappa shape index (κ3) is 3.11. The molecule has 1 aliphatic heterocycles. The quantitative estimate of drug-likeness (QED) is 0.857. The fourth-order valence-corrected chi connectivity index (χ4v) is 2.66. The van der Waals surface area contributed by atoms with E-state index in [9.17, 15) is 15.0 Å². The van der Waals surface area contributed by atoms with E-state index in [1.807, 2.05) is 26.0 Å². The first-order valence-corrected chi connectivity index (χ1v) is 6.86. The van der Waals surface area contributed by atoms with E-state index in [4.69, 9.17) is 4.74 Å². The number of aromatic hydroxyl groups is 1. The molecule has 110 valence electrons. The summed E-state index contributed by atoms with van der Waals surface area (Å²) in [7, 11) is 0. The van der Waals surface area contributed by atoms with Gasteiger partial charge in [-0.3, -0.25) is 9.69 Å². The van der Waals surface area contributed by atoms with Crippen LogP contribution in [0.15, 0.2) is 18.2 Å². The van der Waals surface area contributed by atoms with Crippen LogP contribution in [0.4, 0.5) is 0 Å². The Morgan fingerprint density at radius 1 is 1.45 bits per heavy atom. The summed E-state index contributed by atoms with van der Waals surface area (Å²) in [5, 5.41) is 19.2. The Labute approximate surface area is 118 Å². The fraction of sp³-hybridized carbons (Fsp3) is 0.533. The highest BCUT2D eigenvalue weighted by atomic mass is 16.5. The third-order valence-electron chi connectivity index (χ3n) is 3.85. The molecule has 5 heteroatoms. The molecule has 2 N–H and O–H groups in total. The van der Waals surface area contributed by atoms with Crippen LogP contribution in [0, 0.1) is 12.8 Å². The predicted octanol–water partition coefficient (Wildman–Crippen LogP) is 1.62. The van der Waals surface area contributed by atoms with Crippen LogP contribution < -0.4 is 0 Å². The molecule has 1 saturated heterocycles. The summed E-state index contributed by atoms with van der Waals surface area (Å²) in [6.07, 6.45) is 0. The van der Waals surface area contributed by atoms with Crippen LogP contribution in [0.2, 0.25) is 0 Å². The van der Waals surface area contributed by atoms with Gasteiger partial charge in [0.2, 0.25) is 0 Å². The molecule has 0 aliphatic carbocycles. The van der Waals surface area contributed by atoms with Crippen molar-refractivity contribution < 1.29 is 19.7 Å². The van der Waals surface area contributed by atoms with Crippen LogP contribution in [-0.2, 0) is 16.1 Å². The fourth-order valence-electron chi connectivity index (χ4n) is 2.66. The van der Waals surface area contributed by atoms with Gasteiger partial charge in [-0.1, -0.05) is 24.6 Å². The van der Waals surface area contributed by atoms with Crippen molar-refractivity contribution in [2.24, 2.45) is 5.92 Å². The van der Waals surface area contributed by atoms with Crippen molar-refractivity contribution in [3.8, 4) is 5.75 Å². The summed E-state index contributed by atoms with van der Waals surface area (Å²) in [5.74, 6) is -1.07. The zero-order valence-electron chi connectivity index (χ0n) is 11.9. The number of nitrogens with zero attached hydrogens (tertiary/aromatic N) is 1. The SMILES string of the molecule is CCN(Cc1cc(C)ccc1O)C1COCC1C(=O)O. The monoisotopic (exact) mass is 279 g/mol. The van der Waals surface area contributed by atoms with E-state index < -0.39 is 11.9 Å². The minimum atomic E-state index is -0.820. The van der Waals surface area contributed by atoms with Gasteiger partial charge in [0.25, 0.3) is 0 Å². The number of phenols is 1. The first kappa shape index (κ1) is 14.8. The molecule has 0 saturated carbocycles. The molecule has 1 aliphatic rings. The minimum absolute atomic E-state index is 0.141. The number of hydrogen-bond acceptors (Lipinski definition) is 4. The summed E-state index contributed by atoms with van der Waals surface area (Å²) in [6.45, 7) is 5.89. The maximum absolute atomic E-state index is 11.2. The summed E-state index contributed by atoms with van der Waals surface area (Å²) >= 11 is 0. The maximum atomic E-state index is 11.2. The highest BCUT2D eigenvalue weighted by Crippen LogP contribution is 2.25. The second kappa shape index (κ2) is 6.24. The first-order chi connectivity index (χ1) is 9.52. The second-order valence-corrected chi connectivity index (χ2v) is 5.24. The van der Waals surface area contributed by atoms with E-state index in [-0.39, 0.29) is 18.4 Å². The number of carboxylic acid groups (broad SMARTS) is 1. The highest BCUT2D eigenvalue weighted by Gasteiger charge is 2.37. The molecule has 0 radical (unpaired) electrons. The molecule has 1 heterocycles. The molecule has 0 amide bonds. The molecule has 1 fully saturated rings. The lowest BCUT2D eigenvalue weighted by Gasteiger charge is -2.29. The van der Waals surface area contributed by atoms with E-state index >= 15 is 0 Å². The van der Waals surface area contributed by atoms with Crippen molar-refractivity contribution in [3.63, 3.8) is 0 Å². The van der Waals surface area contributed by atoms with Crippen molar-refractivity contribution in [1.82, 2.24) is 4.90 Å². The highest BCUT2D eigenvalue weighted by molar-refractivity contribution is 5.71. The molecule has 1 aromatic carbocycles. The molecular weight excluding hydrogens is 258 g/mol. The van der Waals surface area contributed by atoms with Crippen LogP contribution in [-0.4, -0.2) is 46.9 Å². The average Bonchev–Trinajstić information content (AvgIpc) is 2.89. The van der Waals surface area contributed by atoms with Gasteiger partial charge in [0.05, 0.1) is 19.1 Å². The normalized spacial score (nSPS) is 22.4. The van der Waals surface area contributed by atoms with Crippen molar-refractivity contribution in [2.45, 2.75) is 26.4 Å². The molecule has 0 aromatic heterocycles. The Morgan fingerprint density at radius 2 is 2.20 bits per heavy atom. The lowest BCUT2D eigenvalue weighted by Crippen LogP contribution is -2.42. The molecule has 5 nitrogen and oxygen atoms in total. The van der Waals surface area contributed by atoms with E-state index in [0.29, 0.717) is 19.7 Å². The second-order valence-electron chi connectivity index (χ2n) is 5.24. The van der Waals surface area contributed by atoms with Crippen molar-refractivity contribution in [2.75, 3.05) is 19.8 Å². The van der Waals surface area contributed by atoms with Gasteiger partial charge in [-0.25, -0.2) is 0 Å². The van der Waals surface area contributed by atoms with Gasteiger partial charge in [0.15, 0.2) is 0 Å². The van der Waals surface area contributed by atoms with E-state index in [0.717, 1.165) is 11.1 Å². The van der Waals surface area contributed by atoms with Crippen LogP contribution in [0.5, 0.6) is 5.75 Å². The summed E-state index contributed by atoms with van der Waals surface area (Å²) in [5.41, 5.74) is 1.90. The molecule has 1 aromatic rings. The van der Waals surface area contributed by atoms with Crippen LogP contribution >= 0.6 is 0 Å². The number of likely N-dealkylation sites (N-methyl/N-ethyl adjacent to an activating group) is 1. The molecule has 0 bridgehead atoms. The summed E-state index contributed by atoms with van der Waals surface area (Å²) in [6, 6.07) is 5.33. The van der Waals surface area contributed by atoms with E-state index in [1.165, 1.54) is 0 Å². The first-order valence-electron chi connectivity index (χ1n) is 6.86. The Kier molecular flexibility index (Phi) is 4.62. The molecule has 0 spiro atoms. The number of carbonyl (C=O) groups is 1. The predicted molar refractivity (Wildman–Crippen MR) is 74.7 cm³/mol. The van der Waals surface area contributed by atoms with Gasteiger partial charge in [-0.15, -0.1) is 0 Å². The van der Waals surface area contributed by atoms with Gasteiger partial charge in [0.1, 0.15) is 5.75 Å². The van der Waals surface area contributed by atoms with Crippen LogP contribution in [0.3, 0.4) is 0 Å². The van der Waals surface area contributed by atoms with Gasteiger partial charge < -0.3 is 14.9 Å². The summed E-state index contributed by atoms with van der Waals surface area (Å²) < 4.78 is 5.32. The van der Waals surface area contributed by atoms with Crippen molar-refractivity contribution >= 4 is 5.97 Å². The van der Waals surface area contributed by atoms with Gasteiger partial charge >= 0.3 is 5.97 Å². The minimum Gasteiger partial charge on any atom is -0.508 e. The molecule has 2 atom stereocenters. The van der Waals surface area contributed by atoms with Crippen molar-refractivity contribution in [1.29, 1.82) is 0 Å². The zero-order chi connectivity index (χ0) is 14.7. The molecule has 2 unspecified atom stereocenters. The largest absolute Gasteiger partial charge is 0.508 e. The Morgan fingerprint density at radius 3 is 2.85 bits per heavy atom. The van der Waals surface area contributed by atoms with Gasteiger partial charge in [0, 0.05) is 18.2 Å². The molecular formula is C15H21NO4. The number of phenolic OH excluding ortho intramolecular Hbond substituents is 1. The zero-order valence-corrected chi connectivity index (χ0v) is 11.9. The molecule has 20 heavy (non-hydrogen) atoms. The van der Waals surface area contributed by atoms with Crippen molar-refractivity contribution in [3.05, 3.63) is 29.3 Å². The lowest BCUT2D eigenvalue weighted by molar-refractivity contribution is -0.143. The Hall–Kier alpha value is -1.59. The number of aryl methyl sites for hydroxylation is 1. The standard InChI is InChI=1S/C15H21NO4/c1-3-16(13-9-20-8-12(13)15(18)19)7-11-6-10(2)4-5-14(11)17/h4-6,12-13,17H,3,7-9H2,1-2H3,(H,18,19). The lowest BCUT2D eigenvalue weighted by atomic mass is 10.0. The van der Waals surface area contributed by atoms with Gasteiger partial charge in [-0.05, 0) is 19.5 Å². The van der Waals surface area contributed by atoms with E-state index in [1.54, 1.807) is 6.07 Å². The van der Waals surface area contributed by atoms with Gasteiger partial charge in [-0.2, -0.15) is 0 Å². The van der Waals surface area contributed by atoms with Crippen LogP contribution in [0.1, 0.15) is 18.1 Å². The summed E-state index contributed by atoms with van der Waals surface area (Å²) in [4.78, 5) is 13.3. The number of carboxylic acids is 1. The van der Waals surface area contributed by atoms with E-state index in [2.05, 4.69) is 4.90 Å².